The molecule has 0 aromatic heterocycles. The number of methoxy groups -OCH3 is 1. The van der Waals surface area contributed by atoms with Gasteiger partial charge in [0, 0.05) is 30.8 Å². The molecule has 6 nitrogen and oxygen atoms in total. The zero-order valence-electron chi connectivity index (χ0n) is 11.9. The predicted octanol–water partition coefficient (Wildman–Crippen LogP) is 1.56. The highest BCUT2D eigenvalue weighted by molar-refractivity contribution is 6.30. The highest BCUT2D eigenvalue weighted by Gasteiger charge is 2.23. The second kappa shape index (κ2) is 8.07. The van der Waals surface area contributed by atoms with Crippen LogP contribution in [0.5, 0.6) is 5.75 Å². The van der Waals surface area contributed by atoms with Crippen LogP contribution in [-0.4, -0.2) is 45.6 Å². The molecule has 1 unspecified atom stereocenters. The van der Waals surface area contributed by atoms with Gasteiger partial charge in [-0.25, -0.2) is 4.79 Å². The van der Waals surface area contributed by atoms with Gasteiger partial charge in [-0.05, 0) is 18.2 Å². The van der Waals surface area contributed by atoms with Crippen LogP contribution in [0, 0.1) is 0 Å². The molecule has 1 atom stereocenters. The smallest absolute Gasteiger partial charge is 0.407 e. The van der Waals surface area contributed by atoms with Crippen molar-refractivity contribution in [3.63, 3.8) is 0 Å². The monoisotopic (exact) mass is 314 g/mol. The van der Waals surface area contributed by atoms with Crippen molar-refractivity contribution in [1.29, 1.82) is 0 Å². The van der Waals surface area contributed by atoms with E-state index in [-0.39, 0.29) is 6.10 Å². The van der Waals surface area contributed by atoms with Gasteiger partial charge in [0.05, 0.1) is 13.2 Å². The Labute approximate surface area is 128 Å². The summed E-state index contributed by atoms with van der Waals surface area (Å²) < 4.78 is 15.7. The second-order valence-corrected chi connectivity index (χ2v) is 5.08. The van der Waals surface area contributed by atoms with Gasteiger partial charge < -0.3 is 24.8 Å². The summed E-state index contributed by atoms with van der Waals surface area (Å²) in [5, 5.41) is 6.49. The maximum atomic E-state index is 11.0. The molecule has 0 spiro atoms. The second-order valence-electron chi connectivity index (χ2n) is 4.64. The van der Waals surface area contributed by atoms with Gasteiger partial charge in [-0.1, -0.05) is 11.6 Å². The Morgan fingerprint density at radius 1 is 1.52 bits per heavy atom. The SMILES string of the molecule is COCCNCc1cc(Cl)ccc1OCC1CNC(=O)O1. The van der Waals surface area contributed by atoms with E-state index in [0.717, 1.165) is 17.9 Å². The van der Waals surface area contributed by atoms with E-state index in [9.17, 15) is 4.79 Å². The van der Waals surface area contributed by atoms with Crippen molar-refractivity contribution in [3.8, 4) is 5.75 Å². The first-order chi connectivity index (χ1) is 10.2. The van der Waals surface area contributed by atoms with Crippen LogP contribution in [-0.2, 0) is 16.0 Å². The Hall–Kier alpha value is -1.50. The van der Waals surface area contributed by atoms with E-state index in [2.05, 4.69) is 10.6 Å². The van der Waals surface area contributed by atoms with Crippen LogP contribution in [0.25, 0.3) is 0 Å². The van der Waals surface area contributed by atoms with Crippen LogP contribution < -0.4 is 15.4 Å². The average molecular weight is 315 g/mol. The number of nitrogens with one attached hydrogen (secondary N) is 2. The molecule has 0 aliphatic carbocycles. The summed E-state index contributed by atoms with van der Waals surface area (Å²) in [7, 11) is 1.66. The molecule has 1 aromatic rings. The van der Waals surface area contributed by atoms with Gasteiger partial charge in [-0.15, -0.1) is 0 Å². The van der Waals surface area contributed by atoms with E-state index in [1.54, 1.807) is 13.2 Å². The predicted molar refractivity (Wildman–Crippen MR) is 78.8 cm³/mol. The normalized spacial score (nSPS) is 17.4. The van der Waals surface area contributed by atoms with Gasteiger partial charge in [-0.2, -0.15) is 0 Å². The summed E-state index contributed by atoms with van der Waals surface area (Å²) in [6.45, 7) is 2.79. The molecule has 1 aromatic carbocycles. The summed E-state index contributed by atoms with van der Waals surface area (Å²) in [5.41, 5.74) is 0.955. The average Bonchev–Trinajstić information content (AvgIpc) is 2.88. The molecule has 1 aliphatic heterocycles. The third-order valence-corrected chi connectivity index (χ3v) is 3.23. The minimum Gasteiger partial charge on any atom is -0.489 e. The molecule has 1 saturated heterocycles. The number of halogens is 1. The number of benzene rings is 1. The minimum absolute atomic E-state index is 0.262. The Bertz CT molecular complexity index is 484. The van der Waals surface area contributed by atoms with Crippen molar-refractivity contribution in [3.05, 3.63) is 28.8 Å². The molecular weight excluding hydrogens is 296 g/mol. The molecule has 1 fully saturated rings. The van der Waals surface area contributed by atoms with Crippen molar-refractivity contribution in [2.45, 2.75) is 12.6 Å². The maximum Gasteiger partial charge on any atom is 0.407 e. The zero-order chi connectivity index (χ0) is 15.1. The minimum atomic E-state index is -0.402. The lowest BCUT2D eigenvalue weighted by Gasteiger charge is -2.14. The molecule has 0 radical (unpaired) electrons. The summed E-state index contributed by atoms with van der Waals surface area (Å²) in [4.78, 5) is 11.0. The molecule has 116 valence electrons. The van der Waals surface area contributed by atoms with Gasteiger partial charge in [0.25, 0.3) is 0 Å². The standard InChI is InChI=1S/C14H19ClN2O4/c1-19-5-4-16-7-10-6-11(15)2-3-13(10)20-9-12-8-17-14(18)21-12/h2-3,6,12,16H,4-5,7-9H2,1H3,(H,17,18). The van der Waals surface area contributed by atoms with Crippen molar-refractivity contribution < 1.29 is 19.0 Å². The number of cyclic esters (lactones) is 1. The number of hydrogen-bond acceptors (Lipinski definition) is 5. The topological polar surface area (TPSA) is 68.8 Å². The number of alkyl carbamates (subject to hydrolysis) is 1. The molecule has 7 heteroatoms. The lowest BCUT2D eigenvalue weighted by Crippen LogP contribution is -2.23. The number of carbonyl (C=O) groups excluding carboxylic acids is 1. The first-order valence-electron chi connectivity index (χ1n) is 6.74. The quantitative estimate of drug-likeness (QED) is 0.713. The van der Waals surface area contributed by atoms with Gasteiger partial charge >= 0.3 is 6.09 Å². The van der Waals surface area contributed by atoms with E-state index in [1.807, 2.05) is 12.1 Å². The van der Waals surface area contributed by atoms with Crippen LogP contribution >= 0.6 is 11.6 Å². The van der Waals surface area contributed by atoms with Crippen molar-refractivity contribution >= 4 is 17.7 Å². The summed E-state index contributed by atoms with van der Waals surface area (Å²) in [5.74, 6) is 0.729. The molecule has 1 heterocycles. The van der Waals surface area contributed by atoms with Crippen LogP contribution in [0.2, 0.25) is 5.02 Å². The first kappa shape index (κ1) is 15.9. The Morgan fingerprint density at radius 2 is 2.38 bits per heavy atom. The third-order valence-electron chi connectivity index (χ3n) is 2.99. The van der Waals surface area contributed by atoms with Gasteiger partial charge in [0.15, 0.2) is 6.10 Å². The largest absolute Gasteiger partial charge is 0.489 e. The Morgan fingerprint density at radius 3 is 3.10 bits per heavy atom. The summed E-state index contributed by atoms with van der Waals surface area (Å²) >= 11 is 6.02. The molecule has 0 bridgehead atoms. The first-order valence-corrected chi connectivity index (χ1v) is 7.12. The molecule has 21 heavy (non-hydrogen) atoms. The molecule has 2 rings (SSSR count). The number of rotatable bonds is 8. The van der Waals surface area contributed by atoms with Crippen LogP contribution in [0.1, 0.15) is 5.56 Å². The van der Waals surface area contributed by atoms with E-state index in [1.165, 1.54) is 0 Å². The highest BCUT2D eigenvalue weighted by Crippen LogP contribution is 2.23. The third kappa shape index (κ3) is 5.08. The van der Waals surface area contributed by atoms with Crippen LogP contribution in [0.4, 0.5) is 4.79 Å². The molecule has 0 saturated carbocycles. The van der Waals surface area contributed by atoms with Crippen molar-refractivity contribution in [2.75, 3.05) is 33.4 Å². The van der Waals surface area contributed by atoms with Crippen LogP contribution in [0.15, 0.2) is 18.2 Å². The maximum absolute atomic E-state index is 11.0. The van der Waals surface area contributed by atoms with E-state index >= 15 is 0 Å². The fourth-order valence-corrected chi connectivity index (χ4v) is 2.13. The highest BCUT2D eigenvalue weighted by atomic mass is 35.5. The van der Waals surface area contributed by atoms with E-state index in [4.69, 9.17) is 25.8 Å². The number of amides is 1. The van der Waals surface area contributed by atoms with Gasteiger partial charge in [-0.3, -0.25) is 0 Å². The van der Waals surface area contributed by atoms with Gasteiger partial charge in [0.2, 0.25) is 0 Å². The fourth-order valence-electron chi connectivity index (χ4n) is 1.93. The lowest BCUT2D eigenvalue weighted by atomic mass is 10.2. The fraction of sp³-hybridized carbons (Fsp3) is 0.500. The Balaban J connectivity index is 1.89. The van der Waals surface area contributed by atoms with E-state index in [0.29, 0.717) is 31.3 Å². The van der Waals surface area contributed by atoms with Crippen LogP contribution in [0.3, 0.4) is 0 Å². The number of carbonyl (C=O) groups is 1. The zero-order valence-corrected chi connectivity index (χ0v) is 12.6. The summed E-state index contributed by atoms with van der Waals surface area (Å²) in [6, 6.07) is 5.45. The lowest BCUT2D eigenvalue weighted by molar-refractivity contribution is 0.104. The van der Waals surface area contributed by atoms with Crippen molar-refractivity contribution in [1.82, 2.24) is 10.6 Å². The number of ether oxygens (including phenoxy) is 3. The Kier molecular flexibility index (Phi) is 6.10. The summed E-state index contributed by atoms with van der Waals surface area (Å²) in [6.07, 6.45) is -0.663. The molecular formula is C14H19ClN2O4. The molecule has 1 amide bonds. The molecule has 1 aliphatic rings. The van der Waals surface area contributed by atoms with Crippen molar-refractivity contribution in [2.24, 2.45) is 0 Å². The van der Waals surface area contributed by atoms with E-state index < -0.39 is 6.09 Å². The number of hydrogen-bond donors (Lipinski definition) is 2. The molecule has 2 N–H and O–H groups in total. The van der Waals surface area contributed by atoms with Gasteiger partial charge in [0.1, 0.15) is 12.4 Å².